The van der Waals surface area contributed by atoms with Crippen molar-refractivity contribution in [2.24, 2.45) is 0 Å². The number of anilines is 1. The van der Waals surface area contributed by atoms with E-state index in [0.717, 1.165) is 25.1 Å². The molecule has 0 unspecified atom stereocenters. The Morgan fingerprint density at radius 3 is 2.08 bits per heavy atom. The largest absolute Gasteiger partial charge is 0.491 e. The van der Waals surface area contributed by atoms with Crippen molar-refractivity contribution in [2.75, 3.05) is 11.9 Å². The van der Waals surface area contributed by atoms with Crippen LogP contribution >= 0.6 is 11.3 Å². The number of halogens is 1. The Labute approximate surface area is 238 Å². The van der Waals surface area contributed by atoms with Crippen molar-refractivity contribution in [1.29, 1.82) is 0 Å². The highest BCUT2D eigenvalue weighted by atomic mass is 32.1. The van der Waals surface area contributed by atoms with Gasteiger partial charge in [-0.05, 0) is 36.2 Å². The third-order valence-corrected chi connectivity index (χ3v) is 7.94. The van der Waals surface area contributed by atoms with E-state index in [1.165, 1.54) is 81.5 Å². The van der Waals surface area contributed by atoms with Gasteiger partial charge in [-0.15, -0.1) is 0 Å². The average molecular weight is 554 g/mol. The second-order valence-corrected chi connectivity index (χ2v) is 11.3. The first-order valence-corrected chi connectivity index (χ1v) is 15.7. The molecule has 1 heterocycles. The molecule has 0 atom stereocenters. The maximum Gasteiger partial charge on any atom is 0.228 e. The van der Waals surface area contributed by atoms with Gasteiger partial charge in [0, 0.05) is 18.2 Å². The molecule has 0 saturated heterocycles. The number of hydrogen-bond acceptors (Lipinski definition) is 3. The quantitative estimate of drug-likeness (QED) is 0.119. The minimum absolute atomic E-state index is 0.113. The van der Waals surface area contributed by atoms with Crippen LogP contribution in [0.25, 0.3) is 0 Å². The van der Waals surface area contributed by atoms with Crippen LogP contribution in [0.4, 0.5) is 10.1 Å². The smallest absolute Gasteiger partial charge is 0.228 e. The van der Waals surface area contributed by atoms with Gasteiger partial charge in [0.15, 0.2) is 23.8 Å². The highest BCUT2D eigenvalue weighted by molar-refractivity contribution is 7.07. The standard InChI is InChI=1S/C33H45FN2O2S/c1-3-4-5-6-7-8-9-10-11-12-13-14-21-38-32-20-17-29(22-31(32)34)23-33(37)35-30-18-15-28(16-19-30)24-36-26-39-25-27(36)2/h15-20,22,25-26H,3-14,21,23-24H2,1-2H3/p+1. The molecular formula is C33H46FN2O2S+. The van der Waals surface area contributed by atoms with E-state index in [9.17, 15) is 9.18 Å². The van der Waals surface area contributed by atoms with Crippen LogP contribution in [0, 0.1) is 12.7 Å². The van der Waals surface area contributed by atoms with Crippen molar-refractivity contribution in [2.45, 2.75) is 104 Å². The summed E-state index contributed by atoms with van der Waals surface area (Å²) >= 11 is 1.68. The summed E-state index contributed by atoms with van der Waals surface area (Å²) in [4.78, 5) is 12.5. The number of amides is 1. The predicted octanol–water partition coefficient (Wildman–Crippen LogP) is 8.79. The first-order chi connectivity index (χ1) is 19.0. The first kappa shape index (κ1) is 30.8. The lowest BCUT2D eigenvalue weighted by Crippen LogP contribution is -2.34. The maximum atomic E-state index is 14.5. The third kappa shape index (κ3) is 11.9. The SMILES string of the molecule is CCCCCCCCCCCCCCOc1ccc(CC(=O)Nc2ccc(C[n+]3cscc3C)cc2)cc1F. The molecule has 0 aliphatic carbocycles. The summed E-state index contributed by atoms with van der Waals surface area (Å²) in [5.41, 5.74) is 5.85. The number of aryl methyl sites for hydroxylation is 1. The molecule has 39 heavy (non-hydrogen) atoms. The summed E-state index contributed by atoms with van der Waals surface area (Å²) < 4.78 is 22.4. The van der Waals surface area contributed by atoms with E-state index in [4.69, 9.17) is 4.74 Å². The lowest BCUT2D eigenvalue weighted by atomic mass is 10.1. The second kappa shape index (κ2) is 17.8. The maximum absolute atomic E-state index is 14.5. The van der Waals surface area contributed by atoms with E-state index in [-0.39, 0.29) is 18.1 Å². The zero-order valence-corrected chi connectivity index (χ0v) is 24.7. The van der Waals surface area contributed by atoms with Crippen LogP contribution in [-0.4, -0.2) is 12.5 Å². The Morgan fingerprint density at radius 2 is 1.49 bits per heavy atom. The lowest BCUT2D eigenvalue weighted by molar-refractivity contribution is -0.689. The molecule has 1 aromatic heterocycles. The van der Waals surface area contributed by atoms with E-state index in [0.29, 0.717) is 12.2 Å². The second-order valence-electron chi connectivity index (χ2n) is 10.6. The molecule has 0 radical (unpaired) electrons. The number of benzene rings is 2. The fourth-order valence-electron chi connectivity index (χ4n) is 4.69. The van der Waals surface area contributed by atoms with Crippen molar-refractivity contribution >= 4 is 22.9 Å². The molecule has 0 aliphatic rings. The van der Waals surface area contributed by atoms with Gasteiger partial charge in [-0.25, -0.2) is 4.39 Å². The first-order valence-electron chi connectivity index (χ1n) is 14.8. The Balaban J connectivity index is 1.28. The summed E-state index contributed by atoms with van der Waals surface area (Å²) in [7, 11) is 0. The monoisotopic (exact) mass is 553 g/mol. The van der Waals surface area contributed by atoms with Gasteiger partial charge in [-0.1, -0.05) is 107 Å². The Bertz CT molecular complexity index is 1110. The summed E-state index contributed by atoms with van der Waals surface area (Å²) in [5.74, 6) is -0.322. The Kier molecular flexibility index (Phi) is 14.0. The van der Waals surface area contributed by atoms with Crippen molar-refractivity contribution in [3.8, 4) is 5.75 Å². The van der Waals surface area contributed by atoms with E-state index < -0.39 is 5.82 Å². The molecule has 4 nitrogen and oxygen atoms in total. The number of unbranched alkanes of at least 4 members (excludes halogenated alkanes) is 11. The van der Waals surface area contributed by atoms with E-state index in [2.05, 4.69) is 34.6 Å². The Morgan fingerprint density at radius 1 is 0.872 bits per heavy atom. The van der Waals surface area contributed by atoms with Gasteiger partial charge in [0.25, 0.3) is 0 Å². The van der Waals surface area contributed by atoms with E-state index in [1.54, 1.807) is 23.5 Å². The number of hydrogen-bond donors (Lipinski definition) is 1. The third-order valence-electron chi connectivity index (χ3n) is 7.09. The molecule has 0 spiro atoms. The van der Waals surface area contributed by atoms with Crippen LogP contribution < -0.4 is 14.6 Å². The van der Waals surface area contributed by atoms with Crippen molar-refractivity contribution < 1.29 is 18.5 Å². The van der Waals surface area contributed by atoms with Crippen LogP contribution in [0.1, 0.15) is 101 Å². The van der Waals surface area contributed by atoms with Gasteiger partial charge in [0.05, 0.1) is 18.4 Å². The molecule has 6 heteroatoms. The number of nitrogens with zero attached hydrogens (tertiary/aromatic N) is 1. The molecule has 3 rings (SSSR count). The molecule has 0 saturated carbocycles. The van der Waals surface area contributed by atoms with Crippen molar-refractivity contribution in [1.82, 2.24) is 0 Å². The molecule has 0 fully saturated rings. The predicted molar refractivity (Wildman–Crippen MR) is 160 cm³/mol. The van der Waals surface area contributed by atoms with Crippen LogP contribution in [-0.2, 0) is 17.8 Å². The number of carbonyl (C=O) groups is 1. The minimum Gasteiger partial charge on any atom is -0.491 e. The molecule has 0 aliphatic heterocycles. The van der Waals surface area contributed by atoms with Crippen molar-refractivity contribution in [3.63, 3.8) is 0 Å². The number of ether oxygens (including phenoxy) is 1. The Hall–Kier alpha value is -2.73. The highest BCUT2D eigenvalue weighted by Gasteiger charge is 2.11. The van der Waals surface area contributed by atoms with E-state index >= 15 is 0 Å². The van der Waals surface area contributed by atoms with Crippen LogP contribution in [0.3, 0.4) is 0 Å². The molecule has 1 N–H and O–H groups in total. The summed E-state index contributed by atoms with van der Waals surface area (Å²) in [6.45, 7) is 5.67. The molecular weight excluding hydrogens is 507 g/mol. The fraction of sp³-hybridized carbons (Fsp3) is 0.515. The number of thiazole rings is 1. The molecule has 1 amide bonds. The molecule has 2 aromatic carbocycles. The topological polar surface area (TPSA) is 42.2 Å². The van der Waals surface area contributed by atoms with Crippen LogP contribution in [0.15, 0.2) is 53.4 Å². The highest BCUT2D eigenvalue weighted by Crippen LogP contribution is 2.20. The summed E-state index contributed by atoms with van der Waals surface area (Å²) in [6, 6.07) is 12.6. The lowest BCUT2D eigenvalue weighted by Gasteiger charge is -2.10. The average Bonchev–Trinajstić information content (AvgIpc) is 3.33. The van der Waals surface area contributed by atoms with Gasteiger partial charge in [-0.3, -0.25) is 4.79 Å². The zero-order chi connectivity index (χ0) is 27.7. The normalized spacial score (nSPS) is 11.1. The van der Waals surface area contributed by atoms with Gasteiger partial charge in [0.2, 0.25) is 11.4 Å². The van der Waals surface area contributed by atoms with Gasteiger partial charge in [-0.2, -0.15) is 4.57 Å². The minimum atomic E-state index is -0.412. The molecule has 212 valence electrons. The summed E-state index contributed by atoms with van der Waals surface area (Å²) in [5, 5.41) is 5.03. The van der Waals surface area contributed by atoms with Crippen molar-refractivity contribution in [3.05, 3.63) is 76.0 Å². The number of carbonyl (C=O) groups excluding carboxylic acids is 1. The van der Waals surface area contributed by atoms with Crippen LogP contribution in [0.5, 0.6) is 5.75 Å². The van der Waals surface area contributed by atoms with Gasteiger partial charge >= 0.3 is 0 Å². The molecule has 3 aromatic rings. The fourth-order valence-corrected chi connectivity index (χ4v) is 5.47. The van der Waals surface area contributed by atoms with Crippen LogP contribution in [0.2, 0.25) is 0 Å². The number of rotatable bonds is 19. The summed E-state index contributed by atoms with van der Waals surface area (Å²) in [6.07, 6.45) is 15.5. The van der Waals surface area contributed by atoms with Gasteiger partial charge in [0.1, 0.15) is 0 Å². The zero-order valence-electron chi connectivity index (χ0n) is 23.9. The van der Waals surface area contributed by atoms with Gasteiger partial charge < -0.3 is 10.1 Å². The number of aromatic nitrogens is 1. The van der Waals surface area contributed by atoms with E-state index in [1.807, 2.05) is 24.3 Å². The molecule has 0 bridgehead atoms. The number of nitrogens with one attached hydrogen (secondary N) is 1.